The standard InChI is InChI=1S/C18H16FN3O2S/c1-2-24-9-5-8-22-17(23)16(25-18(22)14(11-20)12-21)10-13-6-3-4-7-15(13)19/h3-4,6-7,10H,2,5,8-9H2,1H3/b16-10+. The van der Waals surface area contributed by atoms with E-state index in [-0.39, 0.29) is 25.9 Å². The lowest BCUT2D eigenvalue weighted by atomic mass is 10.2. The first kappa shape index (κ1) is 18.6. The van der Waals surface area contributed by atoms with Crippen molar-refractivity contribution in [3.8, 4) is 12.1 Å². The van der Waals surface area contributed by atoms with Gasteiger partial charge < -0.3 is 4.74 Å². The second-order valence-corrected chi connectivity index (χ2v) is 6.07. The second-order valence-electron chi connectivity index (χ2n) is 5.04. The number of thiazole rings is 1. The maximum Gasteiger partial charge on any atom is 0.269 e. The highest BCUT2D eigenvalue weighted by Gasteiger charge is 2.09. The van der Waals surface area contributed by atoms with Crippen LogP contribution in [0.1, 0.15) is 18.9 Å². The van der Waals surface area contributed by atoms with E-state index >= 15 is 0 Å². The van der Waals surface area contributed by atoms with Crippen LogP contribution < -0.4 is 14.8 Å². The fourth-order valence-electron chi connectivity index (χ4n) is 2.23. The molecular formula is C18H16FN3O2S. The van der Waals surface area contributed by atoms with E-state index in [4.69, 9.17) is 15.3 Å². The summed E-state index contributed by atoms with van der Waals surface area (Å²) in [5.74, 6) is -0.440. The van der Waals surface area contributed by atoms with Crippen molar-refractivity contribution in [1.29, 1.82) is 10.5 Å². The van der Waals surface area contributed by atoms with E-state index in [1.165, 1.54) is 16.7 Å². The highest BCUT2D eigenvalue weighted by molar-refractivity contribution is 7.07. The van der Waals surface area contributed by atoms with Crippen LogP contribution in [0.5, 0.6) is 0 Å². The molecule has 2 rings (SSSR count). The van der Waals surface area contributed by atoms with Crippen molar-refractivity contribution < 1.29 is 9.13 Å². The van der Waals surface area contributed by atoms with E-state index in [1.54, 1.807) is 18.2 Å². The number of halogens is 1. The Balaban J connectivity index is 2.60. The lowest BCUT2D eigenvalue weighted by molar-refractivity contribution is 0.141. The summed E-state index contributed by atoms with van der Waals surface area (Å²) < 4.78 is 21.0. The molecule has 0 amide bonds. The van der Waals surface area contributed by atoms with Gasteiger partial charge in [0, 0.05) is 25.3 Å². The van der Waals surface area contributed by atoms with Gasteiger partial charge in [0.15, 0.2) is 5.57 Å². The summed E-state index contributed by atoms with van der Waals surface area (Å²) in [6.45, 7) is 3.24. The van der Waals surface area contributed by atoms with Crippen LogP contribution in [-0.2, 0) is 11.3 Å². The first-order valence-electron chi connectivity index (χ1n) is 7.70. The van der Waals surface area contributed by atoms with Gasteiger partial charge in [-0.1, -0.05) is 18.2 Å². The number of rotatable bonds is 6. The Morgan fingerprint density at radius 2 is 2.08 bits per heavy atom. The first-order valence-corrected chi connectivity index (χ1v) is 8.52. The molecule has 128 valence electrons. The van der Waals surface area contributed by atoms with Crippen LogP contribution in [0.15, 0.2) is 29.1 Å². The highest BCUT2D eigenvalue weighted by Crippen LogP contribution is 2.06. The van der Waals surface area contributed by atoms with Gasteiger partial charge in [-0.15, -0.1) is 11.3 Å². The zero-order valence-corrected chi connectivity index (χ0v) is 14.5. The second kappa shape index (κ2) is 8.93. The third-order valence-corrected chi connectivity index (χ3v) is 4.54. The largest absolute Gasteiger partial charge is 0.382 e. The van der Waals surface area contributed by atoms with Crippen LogP contribution in [0.2, 0.25) is 0 Å². The Bertz CT molecular complexity index is 993. The quantitative estimate of drug-likeness (QED) is 0.734. The monoisotopic (exact) mass is 357 g/mol. The molecule has 0 unspecified atom stereocenters. The smallest absolute Gasteiger partial charge is 0.269 e. The number of benzene rings is 1. The SMILES string of the molecule is CCOCCCn1c(=C(C#N)C#N)s/c(=C/c2ccccc2F)c1=O. The third-order valence-electron chi connectivity index (χ3n) is 3.41. The van der Waals surface area contributed by atoms with Gasteiger partial charge >= 0.3 is 0 Å². The number of ether oxygens (including phenoxy) is 1. The van der Waals surface area contributed by atoms with E-state index in [9.17, 15) is 9.18 Å². The number of hydrogen-bond donors (Lipinski definition) is 0. The minimum absolute atomic E-state index is 0.133. The molecule has 0 N–H and O–H groups in total. The summed E-state index contributed by atoms with van der Waals surface area (Å²) >= 11 is 1.02. The van der Waals surface area contributed by atoms with Crippen molar-refractivity contribution in [1.82, 2.24) is 4.57 Å². The molecule has 7 heteroatoms. The first-order chi connectivity index (χ1) is 12.1. The van der Waals surface area contributed by atoms with Crippen molar-refractivity contribution in [3.63, 3.8) is 0 Å². The third kappa shape index (κ3) is 4.42. The molecule has 25 heavy (non-hydrogen) atoms. The highest BCUT2D eigenvalue weighted by atomic mass is 32.1. The molecule has 0 saturated carbocycles. The van der Waals surface area contributed by atoms with Crippen molar-refractivity contribution >= 4 is 23.0 Å². The van der Waals surface area contributed by atoms with Gasteiger partial charge in [0.05, 0.1) is 4.53 Å². The summed E-state index contributed by atoms with van der Waals surface area (Å²) in [7, 11) is 0. The molecule has 0 radical (unpaired) electrons. The van der Waals surface area contributed by atoms with Crippen LogP contribution in [0.25, 0.3) is 11.6 Å². The van der Waals surface area contributed by atoms with E-state index in [1.807, 2.05) is 19.1 Å². The Kier molecular flexibility index (Phi) is 6.64. The Morgan fingerprint density at radius 3 is 2.72 bits per heavy atom. The normalized spacial score (nSPS) is 11.1. The van der Waals surface area contributed by atoms with Gasteiger partial charge in [-0.05, 0) is 25.5 Å². The molecule has 1 aromatic carbocycles. The Hall–Kier alpha value is -2.74. The average Bonchev–Trinajstić information content (AvgIpc) is 2.91. The summed E-state index contributed by atoms with van der Waals surface area (Å²) in [5.41, 5.74) is -0.196. The van der Waals surface area contributed by atoms with Gasteiger partial charge in [-0.25, -0.2) is 4.39 Å². The van der Waals surface area contributed by atoms with Gasteiger partial charge in [0.1, 0.15) is 22.6 Å². The van der Waals surface area contributed by atoms with Gasteiger partial charge in [0.25, 0.3) is 5.56 Å². The zero-order chi connectivity index (χ0) is 18.2. The van der Waals surface area contributed by atoms with Crippen molar-refractivity contribution in [2.45, 2.75) is 19.9 Å². The molecule has 5 nitrogen and oxygen atoms in total. The van der Waals surface area contributed by atoms with E-state index in [2.05, 4.69) is 0 Å². The number of nitriles is 2. The molecule has 1 aromatic heterocycles. The van der Waals surface area contributed by atoms with Crippen molar-refractivity contribution in [2.24, 2.45) is 0 Å². The molecule has 0 bridgehead atoms. The van der Waals surface area contributed by atoms with Gasteiger partial charge in [-0.3, -0.25) is 9.36 Å². The molecular weight excluding hydrogens is 341 g/mol. The zero-order valence-electron chi connectivity index (χ0n) is 13.7. The summed E-state index contributed by atoms with van der Waals surface area (Å²) in [4.78, 5) is 12.7. The minimum Gasteiger partial charge on any atom is -0.382 e. The van der Waals surface area contributed by atoms with Crippen molar-refractivity contribution in [3.05, 3.63) is 55.2 Å². The van der Waals surface area contributed by atoms with Crippen molar-refractivity contribution in [2.75, 3.05) is 13.2 Å². The number of aromatic nitrogens is 1. The predicted octanol–water partition coefficient (Wildman–Crippen LogP) is 1.50. The summed E-state index contributed by atoms with van der Waals surface area (Å²) in [6.07, 6.45) is 2.01. The van der Waals surface area contributed by atoms with Crippen LogP contribution >= 0.6 is 11.3 Å². The fourth-order valence-corrected chi connectivity index (χ4v) is 3.30. The Morgan fingerprint density at radius 1 is 1.36 bits per heavy atom. The lowest BCUT2D eigenvalue weighted by Gasteiger charge is -2.02. The molecule has 0 atom stereocenters. The van der Waals surface area contributed by atoms with E-state index in [0.717, 1.165) is 11.3 Å². The van der Waals surface area contributed by atoms with Crippen LogP contribution in [-0.4, -0.2) is 17.8 Å². The van der Waals surface area contributed by atoms with Crippen LogP contribution in [0, 0.1) is 28.5 Å². The predicted molar refractivity (Wildman–Crippen MR) is 93.5 cm³/mol. The van der Waals surface area contributed by atoms with Crippen LogP contribution in [0.4, 0.5) is 4.39 Å². The molecule has 1 heterocycles. The molecule has 0 spiro atoms. The van der Waals surface area contributed by atoms with Gasteiger partial charge in [0.2, 0.25) is 0 Å². The maximum atomic E-state index is 13.8. The molecule has 0 aliphatic heterocycles. The van der Waals surface area contributed by atoms with E-state index < -0.39 is 5.82 Å². The molecule has 0 aliphatic carbocycles. The van der Waals surface area contributed by atoms with E-state index in [0.29, 0.717) is 26.2 Å². The molecule has 0 fully saturated rings. The lowest BCUT2D eigenvalue weighted by Crippen LogP contribution is -2.32. The van der Waals surface area contributed by atoms with Crippen LogP contribution in [0.3, 0.4) is 0 Å². The molecule has 0 aliphatic rings. The fraction of sp³-hybridized carbons (Fsp3) is 0.278. The molecule has 2 aromatic rings. The minimum atomic E-state index is -0.440. The molecule has 0 saturated heterocycles. The average molecular weight is 357 g/mol. The summed E-state index contributed by atoms with van der Waals surface area (Å²) in [5, 5.41) is 18.3. The number of hydrogen-bond acceptors (Lipinski definition) is 5. The number of nitrogens with zero attached hydrogens (tertiary/aromatic N) is 3. The maximum absolute atomic E-state index is 13.8. The topological polar surface area (TPSA) is 78.8 Å². The Labute approximate surface area is 148 Å². The summed E-state index contributed by atoms with van der Waals surface area (Å²) in [6, 6.07) is 9.73. The van der Waals surface area contributed by atoms with Gasteiger partial charge in [-0.2, -0.15) is 10.5 Å².